The Labute approximate surface area is 130 Å². The topological polar surface area (TPSA) is 61.8 Å². The molecule has 23 heavy (non-hydrogen) atoms. The molecule has 1 heterocycles. The second-order valence-corrected chi connectivity index (χ2v) is 4.84. The number of imidazole rings is 1. The van der Waals surface area contributed by atoms with Gasteiger partial charge in [-0.1, -0.05) is 24.3 Å². The number of fused-ring (bicyclic) bond motifs is 1. The van der Waals surface area contributed by atoms with Gasteiger partial charge < -0.3 is 5.11 Å². The predicted octanol–water partition coefficient (Wildman–Crippen LogP) is 4.20. The van der Waals surface area contributed by atoms with Gasteiger partial charge in [-0.25, -0.2) is 4.98 Å². The molecule has 114 valence electrons. The van der Waals surface area contributed by atoms with E-state index >= 15 is 0 Å². The van der Waals surface area contributed by atoms with Crippen LogP contribution >= 0.6 is 0 Å². The zero-order valence-corrected chi connectivity index (χ0v) is 11.8. The summed E-state index contributed by atoms with van der Waals surface area (Å²) in [6, 6.07) is 14.6. The zero-order chi connectivity index (χ0) is 16.4. The van der Waals surface area contributed by atoms with E-state index in [1.165, 1.54) is 24.3 Å². The van der Waals surface area contributed by atoms with Crippen LogP contribution in [0.2, 0.25) is 0 Å². The molecule has 0 unspecified atom stereocenters. The molecule has 0 aliphatic rings. The number of nitrogens with zero attached hydrogens (tertiary/aromatic N) is 3. The van der Waals surface area contributed by atoms with Crippen LogP contribution in [-0.2, 0) is 0 Å². The predicted molar refractivity (Wildman–Crippen MR) is 82.6 cm³/mol. The van der Waals surface area contributed by atoms with Crippen molar-refractivity contribution in [1.29, 1.82) is 5.26 Å². The Bertz CT molecular complexity index is 938. The molecule has 0 aliphatic heterocycles. The van der Waals surface area contributed by atoms with E-state index in [0.717, 1.165) is 4.57 Å². The highest BCUT2D eigenvalue weighted by molar-refractivity contribution is 5.91. The molecule has 0 spiro atoms. The van der Waals surface area contributed by atoms with Gasteiger partial charge in [-0.3, -0.25) is 4.57 Å². The summed E-state index contributed by atoms with van der Waals surface area (Å²) in [6.45, 7) is -2.82. The van der Waals surface area contributed by atoms with Gasteiger partial charge in [0.05, 0.1) is 16.6 Å². The standard InChI is InChI=1S/C17H11F2N3O/c18-17(19)22-15-7-2-1-6-14(15)21-16(22)12(10-20)8-11-4-3-5-13(23)9-11/h1-9,17,23H/b12-8+. The lowest BCUT2D eigenvalue weighted by molar-refractivity contribution is 0.0738. The number of halogens is 2. The second kappa shape index (κ2) is 5.89. The third-order valence-corrected chi connectivity index (χ3v) is 3.33. The van der Waals surface area contributed by atoms with E-state index in [-0.39, 0.29) is 22.7 Å². The van der Waals surface area contributed by atoms with Gasteiger partial charge in [0, 0.05) is 0 Å². The summed E-state index contributed by atoms with van der Waals surface area (Å²) in [5, 5.41) is 18.8. The van der Waals surface area contributed by atoms with Crippen LogP contribution in [0.15, 0.2) is 48.5 Å². The van der Waals surface area contributed by atoms with Gasteiger partial charge in [-0.05, 0) is 35.9 Å². The highest BCUT2D eigenvalue weighted by Crippen LogP contribution is 2.28. The maximum absolute atomic E-state index is 13.4. The number of allylic oxidation sites excluding steroid dienone is 1. The number of hydrogen-bond donors (Lipinski definition) is 1. The molecule has 0 amide bonds. The third kappa shape index (κ3) is 2.77. The van der Waals surface area contributed by atoms with E-state index in [0.29, 0.717) is 11.1 Å². The summed E-state index contributed by atoms with van der Waals surface area (Å²) in [4.78, 5) is 4.15. The number of alkyl halides is 2. The molecule has 1 N–H and O–H groups in total. The Morgan fingerprint density at radius 1 is 1.22 bits per heavy atom. The van der Waals surface area contributed by atoms with Crippen molar-refractivity contribution in [2.45, 2.75) is 6.55 Å². The van der Waals surface area contributed by atoms with E-state index in [2.05, 4.69) is 4.98 Å². The molecular weight excluding hydrogens is 300 g/mol. The molecule has 0 saturated heterocycles. The second-order valence-electron chi connectivity index (χ2n) is 4.84. The monoisotopic (exact) mass is 311 g/mol. The normalized spacial score (nSPS) is 11.8. The summed E-state index contributed by atoms with van der Waals surface area (Å²) in [6.07, 6.45) is 1.42. The Kier molecular flexibility index (Phi) is 3.77. The van der Waals surface area contributed by atoms with Crippen LogP contribution in [0.1, 0.15) is 17.9 Å². The maximum atomic E-state index is 13.4. The molecule has 4 nitrogen and oxygen atoms in total. The van der Waals surface area contributed by atoms with Crippen LogP contribution in [-0.4, -0.2) is 14.7 Å². The lowest BCUT2D eigenvalue weighted by Crippen LogP contribution is -2.03. The number of hydrogen-bond acceptors (Lipinski definition) is 3. The lowest BCUT2D eigenvalue weighted by Gasteiger charge is -2.07. The molecule has 2 aromatic carbocycles. The van der Waals surface area contributed by atoms with Gasteiger partial charge in [-0.2, -0.15) is 14.0 Å². The van der Waals surface area contributed by atoms with Gasteiger partial charge in [0.25, 0.3) is 0 Å². The minimum absolute atomic E-state index is 0.00731. The maximum Gasteiger partial charge on any atom is 0.320 e. The molecule has 6 heteroatoms. The Balaban J connectivity index is 2.21. The van der Waals surface area contributed by atoms with Crippen molar-refractivity contribution in [3.63, 3.8) is 0 Å². The van der Waals surface area contributed by atoms with Gasteiger partial charge in [0.2, 0.25) is 0 Å². The summed E-state index contributed by atoms with van der Waals surface area (Å²) < 4.78 is 27.6. The fourth-order valence-electron chi connectivity index (χ4n) is 2.36. The van der Waals surface area contributed by atoms with Crippen molar-refractivity contribution < 1.29 is 13.9 Å². The van der Waals surface area contributed by atoms with Crippen LogP contribution < -0.4 is 0 Å². The number of nitriles is 1. The van der Waals surface area contributed by atoms with Gasteiger partial charge in [0.1, 0.15) is 11.8 Å². The smallest absolute Gasteiger partial charge is 0.320 e. The number of phenolic OH excluding ortho intramolecular Hbond substituents is 1. The summed E-state index contributed by atoms with van der Waals surface area (Å²) in [7, 11) is 0. The van der Waals surface area contributed by atoms with Crippen molar-refractivity contribution in [3.8, 4) is 11.8 Å². The van der Waals surface area contributed by atoms with Crippen molar-refractivity contribution >= 4 is 22.7 Å². The van der Waals surface area contributed by atoms with Crippen LogP contribution in [0, 0.1) is 11.3 Å². The minimum atomic E-state index is -2.82. The largest absolute Gasteiger partial charge is 0.508 e. The Morgan fingerprint density at radius 2 is 2.00 bits per heavy atom. The summed E-state index contributed by atoms with van der Waals surface area (Å²) >= 11 is 0. The van der Waals surface area contributed by atoms with Gasteiger partial charge in [0.15, 0.2) is 5.82 Å². The number of para-hydroxylation sites is 2. The van der Waals surface area contributed by atoms with Crippen LogP contribution in [0.3, 0.4) is 0 Å². The van der Waals surface area contributed by atoms with Crippen molar-refractivity contribution in [1.82, 2.24) is 9.55 Å². The first kappa shape index (κ1) is 14.7. The van der Waals surface area contributed by atoms with E-state index in [9.17, 15) is 19.1 Å². The quantitative estimate of drug-likeness (QED) is 0.737. The fraction of sp³-hybridized carbons (Fsp3) is 0.0588. The molecule has 0 bridgehead atoms. The molecule has 0 atom stereocenters. The van der Waals surface area contributed by atoms with Gasteiger partial charge in [-0.15, -0.1) is 0 Å². The Hall–Kier alpha value is -3.20. The van der Waals surface area contributed by atoms with E-state index in [4.69, 9.17) is 0 Å². The highest BCUT2D eigenvalue weighted by Gasteiger charge is 2.20. The lowest BCUT2D eigenvalue weighted by atomic mass is 10.1. The van der Waals surface area contributed by atoms with Crippen molar-refractivity contribution in [2.24, 2.45) is 0 Å². The van der Waals surface area contributed by atoms with Crippen LogP contribution in [0.4, 0.5) is 8.78 Å². The average molecular weight is 311 g/mol. The fourth-order valence-corrected chi connectivity index (χ4v) is 2.36. The van der Waals surface area contributed by atoms with Crippen LogP contribution in [0.5, 0.6) is 5.75 Å². The SMILES string of the molecule is N#C/C(=C\c1cccc(O)c1)c1nc2ccccc2n1C(F)F. The van der Waals surface area contributed by atoms with Crippen molar-refractivity contribution in [2.75, 3.05) is 0 Å². The first-order valence-corrected chi connectivity index (χ1v) is 6.76. The first-order valence-electron chi connectivity index (χ1n) is 6.76. The zero-order valence-electron chi connectivity index (χ0n) is 11.8. The molecule has 3 rings (SSSR count). The van der Waals surface area contributed by atoms with Gasteiger partial charge >= 0.3 is 6.55 Å². The first-order chi connectivity index (χ1) is 11.1. The molecule has 3 aromatic rings. The number of benzene rings is 2. The highest BCUT2D eigenvalue weighted by atomic mass is 19.3. The molecule has 0 aliphatic carbocycles. The molecule has 0 radical (unpaired) electrons. The van der Waals surface area contributed by atoms with Crippen molar-refractivity contribution in [3.05, 3.63) is 59.9 Å². The van der Waals surface area contributed by atoms with E-state index < -0.39 is 6.55 Å². The number of rotatable bonds is 3. The minimum Gasteiger partial charge on any atom is -0.508 e. The number of aromatic nitrogens is 2. The molecule has 0 fully saturated rings. The number of aromatic hydroxyl groups is 1. The molecule has 1 aromatic heterocycles. The molecule has 0 saturated carbocycles. The summed E-state index contributed by atoms with van der Waals surface area (Å²) in [5.41, 5.74) is 1.16. The number of phenols is 1. The Morgan fingerprint density at radius 3 is 2.70 bits per heavy atom. The van der Waals surface area contributed by atoms with E-state index in [1.807, 2.05) is 6.07 Å². The average Bonchev–Trinajstić information content (AvgIpc) is 2.92. The van der Waals surface area contributed by atoms with Crippen LogP contribution in [0.25, 0.3) is 22.7 Å². The van der Waals surface area contributed by atoms with E-state index in [1.54, 1.807) is 30.3 Å². The summed E-state index contributed by atoms with van der Waals surface area (Å²) in [5.74, 6) is -0.0783. The third-order valence-electron chi connectivity index (χ3n) is 3.33. The molecular formula is C17H11F2N3O.